The molecule has 0 saturated heterocycles. The molecule has 2 atom stereocenters. The average Bonchev–Trinajstić information content (AvgIpc) is 2.68. The molecule has 1 unspecified atom stereocenters. The number of nitrogens with two attached hydrogens (primary N) is 1. The number of hydrogen-bond donors (Lipinski definition) is 2. The minimum Gasteiger partial charge on any atom is -0.351 e. The second kappa shape index (κ2) is 4.84. The smallest absolute Gasteiger partial charge is 0.351 e. The van der Waals surface area contributed by atoms with Gasteiger partial charge in [0.05, 0.1) is 0 Å². The summed E-state index contributed by atoms with van der Waals surface area (Å²) in [6, 6.07) is -0.254. The van der Waals surface area contributed by atoms with Gasteiger partial charge in [0.25, 0.3) is 0 Å². The van der Waals surface area contributed by atoms with Crippen molar-refractivity contribution in [3.8, 4) is 0 Å². The van der Waals surface area contributed by atoms with E-state index in [1.54, 1.807) is 6.92 Å². The molecule has 17 heavy (non-hydrogen) atoms. The maximum atomic E-state index is 12.5. The van der Waals surface area contributed by atoms with Crippen LogP contribution in [0, 0.1) is 5.92 Å². The molecular formula is C11H19F3N2O. The highest BCUT2D eigenvalue weighted by atomic mass is 19.4. The van der Waals surface area contributed by atoms with Crippen LogP contribution in [0.25, 0.3) is 0 Å². The molecule has 1 saturated carbocycles. The molecule has 0 spiro atoms. The number of alkyl halides is 3. The van der Waals surface area contributed by atoms with Crippen LogP contribution in [0.1, 0.15) is 39.5 Å². The van der Waals surface area contributed by atoms with Crippen LogP contribution in [-0.2, 0) is 4.79 Å². The fourth-order valence-electron chi connectivity index (χ4n) is 2.06. The van der Waals surface area contributed by atoms with E-state index in [1.807, 2.05) is 0 Å². The molecule has 1 amide bonds. The monoisotopic (exact) mass is 252 g/mol. The highest BCUT2D eigenvalue weighted by Gasteiger charge is 2.54. The zero-order valence-corrected chi connectivity index (χ0v) is 10.1. The van der Waals surface area contributed by atoms with E-state index in [-0.39, 0.29) is 12.0 Å². The van der Waals surface area contributed by atoms with E-state index < -0.39 is 17.6 Å². The molecule has 0 aromatic carbocycles. The van der Waals surface area contributed by atoms with E-state index >= 15 is 0 Å². The van der Waals surface area contributed by atoms with Crippen LogP contribution in [-0.4, -0.2) is 23.7 Å². The van der Waals surface area contributed by atoms with Gasteiger partial charge in [0.2, 0.25) is 5.91 Å². The van der Waals surface area contributed by atoms with Crippen LogP contribution in [0.15, 0.2) is 0 Å². The molecule has 1 aliphatic rings. The number of nitrogens with one attached hydrogen (secondary N) is 1. The maximum absolute atomic E-state index is 12.5. The van der Waals surface area contributed by atoms with Crippen LogP contribution in [0.3, 0.4) is 0 Å². The third-order valence-electron chi connectivity index (χ3n) is 3.53. The second-order valence-corrected chi connectivity index (χ2v) is 5.01. The Morgan fingerprint density at radius 1 is 1.35 bits per heavy atom. The third-order valence-corrected chi connectivity index (χ3v) is 3.53. The molecule has 0 heterocycles. The Kier molecular flexibility index (Phi) is 4.06. The molecule has 1 rings (SSSR count). The standard InChI is InChI=1S/C11H19F3N2O/c1-7(8-5-3-4-6-8)16-9(17)10(2,15)11(12,13)14/h7-8H,3-6,15H2,1-2H3,(H,16,17)/t7-,10?/m0/s1. The maximum Gasteiger partial charge on any atom is 0.415 e. The summed E-state index contributed by atoms with van der Waals surface area (Å²) in [5, 5.41) is 2.38. The Morgan fingerprint density at radius 2 is 1.82 bits per heavy atom. The summed E-state index contributed by atoms with van der Waals surface area (Å²) < 4.78 is 37.6. The summed E-state index contributed by atoms with van der Waals surface area (Å²) in [4.78, 5) is 11.5. The zero-order valence-electron chi connectivity index (χ0n) is 10.1. The van der Waals surface area contributed by atoms with Crippen molar-refractivity contribution in [2.24, 2.45) is 11.7 Å². The molecular weight excluding hydrogens is 233 g/mol. The van der Waals surface area contributed by atoms with Gasteiger partial charge < -0.3 is 11.1 Å². The Labute approximate surface area is 98.9 Å². The normalized spacial score (nSPS) is 23.2. The van der Waals surface area contributed by atoms with E-state index in [0.29, 0.717) is 6.92 Å². The van der Waals surface area contributed by atoms with Gasteiger partial charge in [-0.15, -0.1) is 0 Å². The fraction of sp³-hybridized carbons (Fsp3) is 0.909. The first-order valence-electron chi connectivity index (χ1n) is 5.83. The van der Waals surface area contributed by atoms with Crippen molar-refractivity contribution in [1.29, 1.82) is 0 Å². The molecule has 1 aliphatic carbocycles. The van der Waals surface area contributed by atoms with Crippen molar-refractivity contribution in [3.63, 3.8) is 0 Å². The number of hydrogen-bond acceptors (Lipinski definition) is 2. The van der Waals surface area contributed by atoms with Crippen molar-refractivity contribution in [2.45, 2.75) is 57.3 Å². The van der Waals surface area contributed by atoms with Gasteiger partial charge in [-0.1, -0.05) is 12.8 Å². The number of amides is 1. The largest absolute Gasteiger partial charge is 0.415 e. The highest BCUT2D eigenvalue weighted by Crippen LogP contribution is 2.30. The van der Waals surface area contributed by atoms with Crippen molar-refractivity contribution < 1.29 is 18.0 Å². The minimum atomic E-state index is -4.73. The van der Waals surface area contributed by atoms with Gasteiger partial charge in [-0.2, -0.15) is 13.2 Å². The Balaban J connectivity index is 2.59. The first kappa shape index (κ1) is 14.3. The van der Waals surface area contributed by atoms with Gasteiger partial charge in [-0.25, -0.2) is 0 Å². The fourth-order valence-corrected chi connectivity index (χ4v) is 2.06. The van der Waals surface area contributed by atoms with Crippen LogP contribution in [0.5, 0.6) is 0 Å². The molecule has 1 fully saturated rings. The van der Waals surface area contributed by atoms with Crippen LogP contribution >= 0.6 is 0 Å². The van der Waals surface area contributed by atoms with Crippen LogP contribution in [0.2, 0.25) is 0 Å². The summed E-state index contributed by atoms with van der Waals surface area (Å²) in [5.74, 6) is -0.882. The van der Waals surface area contributed by atoms with Crippen molar-refractivity contribution in [3.05, 3.63) is 0 Å². The van der Waals surface area contributed by atoms with Crippen LogP contribution < -0.4 is 11.1 Å². The Morgan fingerprint density at radius 3 is 2.24 bits per heavy atom. The minimum absolute atomic E-state index is 0.254. The van der Waals surface area contributed by atoms with E-state index in [0.717, 1.165) is 25.7 Å². The lowest BCUT2D eigenvalue weighted by molar-refractivity contribution is -0.187. The predicted octanol–water partition coefficient (Wildman–Crippen LogP) is 1.96. The summed E-state index contributed by atoms with van der Waals surface area (Å²) in [6.07, 6.45) is -0.677. The first-order chi connectivity index (χ1) is 7.66. The number of carbonyl (C=O) groups is 1. The van der Waals surface area contributed by atoms with Gasteiger partial charge in [0.15, 0.2) is 5.54 Å². The lowest BCUT2D eigenvalue weighted by Crippen LogP contribution is -2.62. The van der Waals surface area contributed by atoms with Gasteiger partial charge >= 0.3 is 6.18 Å². The van der Waals surface area contributed by atoms with Gasteiger partial charge in [0.1, 0.15) is 0 Å². The predicted molar refractivity (Wildman–Crippen MR) is 58.2 cm³/mol. The second-order valence-electron chi connectivity index (χ2n) is 5.01. The first-order valence-corrected chi connectivity index (χ1v) is 5.83. The molecule has 0 aromatic rings. The summed E-state index contributed by atoms with van der Waals surface area (Å²) in [6.45, 7) is 2.43. The third kappa shape index (κ3) is 3.12. The van der Waals surface area contributed by atoms with E-state index in [2.05, 4.69) is 5.32 Å². The van der Waals surface area contributed by atoms with Gasteiger partial charge in [0, 0.05) is 6.04 Å². The topological polar surface area (TPSA) is 55.1 Å². The van der Waals surface area contributed by atoms with E-state index in [1.165, 1.54) is 0 Å². The summed E-state index contributed by atoms with van der Waals surface area (Å²) >= 11 is 0. The molecule has 0 aromatic heterocycles. The SMILES string of the molecule is C[C@H](NC(=O)C(C)(N)C(F)(F)F)C1CCCC1. The van der Waals surface area contributed by atoms with Crippen molar-refractivity contribution in [1.82, 2.24) is 5.32 Å². The van der Waals surface area contributed by atoms with Crippen LogP contribution in [0.4, 0.5) is 13.2 Å². The summed E-state index contributed by atoms with van der Waals surface area (Å²) in [5.41, 5.74) is 2.23. The van der Waals surface area contributed by atoms with Crippen molar-refractivity contribution >= 4 is 5.91 Å². The van der Waals surface area contributed by atoms with Gasteiger partial charge in [-0.05, 0) is 32.6 Å². The Hall–Kier alpha value is -0.780. The lowest BCUT2D eigenvalue weighted by atomic mass is 9.97. The summed E-state index contributed by atoms with van der Waals surface area (Å²) in [7, 11) is 0. The van der Waals surface area contributed by atoms with Crippen molar-refractivity contribution in [2.75, 3.05) is 0 Å². The molecule has 0 bridgehead atoms. The molecule has 6 heteroatoms. The number of carbonyl (C=O) groups excluding carboxylic acids is 1. The number of rotatable bonds is 3. The molecule has 100 valence electrons. The van der Waals surface area contributed by atoms with Gasteiger partial charge in [-0.3, -0.25) is 4.79 Å². The number of halogens is 3. The van der Waals surface area contributed by atoms with E-state index in [4.69, 9.17) is 5.73 Å². The molecule has 3 nitrogen and oxygen atoms in total. The quantitative estimate of drug-likeness (QED) is 0.806. The molecule has 0 aliphatic heterocycles. The van der Waals surface area contributed by atoms with E-state index in [9.17, 15) is 18.0 Å². The lowest BCUT2D eigenvalue weighted by Gasteiger charge is -2.29. The molecule has 3 N–H and O–H groups in total. The average molecular weight is 252 g/mol. The molecule has 0 radical (unpaired) electrons. The Bertz CT molecular complexity index is 283. The highest BCUT2D eigenvalue weighted by molar-refractivity contribution is 5.86. The zero-order chi connectivity index (χ0) is 13.3.